The summed E-state index contributed by atoms with van der Waals surface area (Å²) in [5, 5.41) is 13.2. The Hall–Kier alpha value is -3.97. The highest BCUT2D eigenvalue weighted by molar-refractivity contribution is 5.75. The molecule has 5 rings (SSSR count). The SMILES string of the molecule is COc1cc(N2CCOCC2)ccc1Nc1cc(Nc2ccc(N3CCOCC3)cc2OC)c(C(F)(F)F)nn1. The molecule has 2 aliphatic heterocycles. The molecule has 2 aliphatic rings. The van der Waals surface area contributed by atoms with Crippen molar-refractivity contribution in [1.82, 2.24) is 10.2 Å². The largest absolute Gasteiger partial charge is 0.494 e. The number of benzene rings is 2. The second-order valence-electron chi connectivity index (χ2n) is 9.21. The zero-order valence-corrected chi connectivity index (χ0v) is 22.3. The molecule has 0 aliphatic carbocycles. The van der Waals surface area contributed by atoms with E-state index in [0.717, 1.165) is 24.5 Å². The van der Waals surface area contributed by atoms with Crippen molar-refractivity contribution in [2.24, 2.45) is 0 Å². The number of nitrogens with zero attached hydrogens (tertiary/aromatic N) is 4. The molecule has 40 heavy (non-hydrogen) atoms. The van der Waals surface area contributed by atoms with Crippen molar-refractivity contribution >= 4 is 34.3 Å². The highest BCUT2D eigenvalue weighted by atomic mass is 19.4. The standard InChI is InChI=1S/C27H31F3N6O4/c1-37-23-15-18(35-7-11-39-12-8-35)3-5-20(23)31-22-17-25(33-34-26(22)27(28,29)30)32-21-6-4-19(16-24(21)38-2)36-9-13-40-14-10-36/h3-6,15-17H,7-14H2,1-2H3,(H2,31,32,33). The summed E-state index contributed by atoms with van der Waals surface area (Å²) in [6.07, 6.45) is -4.73. The summed E-state index contributed by atoms with van der Waals surface area (Å²) in [6, 6.07) is 12.1. The van der Waals surface area contributed by atoms with Crippen LogP contribution in [0.4, 0.5) is 47.4 Å². The Morgan fingerprint density at radius 2 is 1.20 bits per heavy atom. The van der Waals surface area contributed by atoms with Gasteiger partial charge in [0.15, 0.2) is 11.5 Å². The third-order valence-electron chi connectivity index (χ3n) is 6.72. The molecule has 0 bridgehead atoms. The van der Waals surface area contributed by atoms with Crippen LogP contribution in [0.3, 0.4) is 0 Å². The molecule has 2 saturated heterocycles. The summed E-state index contributed by atoms with van der Waals surface area (Å²) in [6.45, 7) is 5.44. The molecule has 0 unspecified atom stereocenters. The van der Waals surface area contributed by atoms with Crippen LogP contribution in [0, 0.1) is 0 Å². The molecule has 214 valence electrons. The van der Waals surface area contributed by atoms with Gasteiger partial charge in [0.1, 0.15) is 11.5 Å². The highest BCUT2D eigenvalue weighted by Crippen LogP contribution is 2.39. The molecule has 0 amide bonds. The summed E-state index contributed by atoms with van der Waals surface area (Å²) in [5.41, 5.74) is 1.32. The van der Waals surface area contributed by atoms with Gasteiger partial charge < -0.3 is 39.4 Å². The minimum Gasteiger partial charge on any atom is -0.494 e. The topological polar surface area (TPSA) is 93.2 Å². The second-order valence-corrected chi connectivity index (χ2v) is 9.21. The minimum absolute atomic E-state index is 0.108. The molecule has 2 fully saturated rings. The molecule has 3 heterocycles. The lowest BCUT2D eigenvalue weighted by molar-refractivity contribution is -0.141. The number of rotatable bonds is 8. The number of anilines is 6. The molecule has 2 aromatic carbocycles. The van der Waals surface area contributed by atoms with Crippen LogP contribution in [0.15, 0.2) is 42.5 Å². The van der Waals surface area contributed by atoms with Gasteiger partial charge in [-0.15, -0.1) is 10.2 Å². The average Bonchev–Trinajstić information content (AvgIpc) is 2.98. The third-order valence-corrected chi connectivity index (χ3v) is 6.72. The first-order valence-corrected chi connectivity index (χ1v) is 12.9. The van der Waals surface area contributed by atoms with Crippen molar-refractivity contribution in [3.63, 3.8) is 0 Å². The number of aromatic nitrogens is 2. The summed E-state index contributed by atoms with van der Waals surface area (Å²) >= 11 is 0. The molecule has 13 heteroatoms. The van der Waals surface area contributed by atoms with E-state index in [1.807, 2.05) is 18.2 Å². The van der Waals surface area contributed by atoms with Crippen LogP contribution < -0.4 is 29.9 Å². The number of hydrogen-bond donors (Lipinski definition) is 2. The van der Waals surface area contributed by atoms with Crippen molar-refractivity contribution in [2.75, 3.05) is 87.3 Å². The van der Waals surface area contributed by atoms with Gasteiger partial charge in [-0.2, -0.15) is 13.2 Å². The van der Waals surface area contributed by atoms with Crippen LogP contribution in [0.5, 0.6) is 11.5 Å². The number of alkyl halides is 3. The van der Waals surface area contributed by atoms with Gasteiger partial charge in [0.25, 0.3) is 0 Å². The number of nitrogens with one attached hydrogen (secondary N) is 2. The van der Waals surface area contributed by atoms with Crippen LogP contribution in [0.1, 0.15) is 5.69 Å². The minimum atomic E-state index is -4.73. The molecule has 10 nitrogen and oxygen atoms in total. The maximum atomic E-state index is 13.9. The predicted octanol–water partition coefficient (Wildman–Crippen LogP) is 4.67. The van der Waals surface area contributed by atoms with Crippen LogP contribution >= 0.6 is 0 Å². The van der Waals surface area contributed by atoms with Gasteiger partial charge in [-0.3, -0.25) is 0 Å². The Kier molecular flexibility index (Phi) is 8.31. The lowest BCUT2D eigenvalue weighted by atomic mass is 10.2. The second kappa shape index (κ2) is 12.0. The molecule has 3 aromatic rings. The van der Waals surface area contributed by atoms with E-state index in [9.17, 15) is 13.2 Å². The van der Waals surface area contributed by atoms with Crippen molar-refractivity contribution in [2.45, 2.75) is 6.18 Å². The van der Waals surface area contributed by atoms with E-state index >= 15 is 0 Å². The van der Waals surface area contributed by atoms with E-state index in [1.54, 1.807) is 18.2 Å². The number of methoxy groups -OCH3 is 2. The molecule has 0 radical (unpaired) electrons. The molecule has 0 saturated carbocycles. The number of hydrogen-bond acceptors (Lipinski definition) is 10. The fourth-order valence-electron chi connectivity index (χ4n) is 4.64. The van der Waals surface area contributed by atoms with Crippen LogP contribution in [-0.4, -0.2) is 77.0 Å². The van der Waals surface area contributed by atoms with Crippen molar-refractivity contribution < 1.29 is 32.1 Å². The molecule has 1 aromatic heterocycles. The highest BCUT2D eigenvalue weighted by Gasteiger charge is 2.37. The fraction of sp³-hybridized carbons (Fsp3) is 0.407. The maximum Gasteiger partial charge on any atom is 0.437 e. The van der Waals surface area contributed by atoms with Crippen LogP contribution in [-0.2, 0) is 15.7 Å². The van der Waals surface area contributed by atoms with Crippen molar-refractivity contribution in [3.05, 3.63) is 48.2 Å². The Morgan fingerprint density at radius 1 is 0.700 bits per heavy atom. The smallest absolute Gasteiger partial charge is 0.437 e. The van der Waals surface area contributed by atoms with E-state index < -0.39 is 11.9 Å². The summed E-state index contributed by atoms with van der Waals surface area (Å²) < 4.78 is 63.6. The van der Waals surface area contributed by atoms with E-state index in [-0.39, 0.29) is 11.5 Å². The molecular formula is C27H31F3N6O4. The maximum absolute atomic E-state index is 13.9. The van der Waals surface area contributed by atoms with Gasteiger partial charge in [-0.25, -0.2) is 0 Å². The third kappa shape index (κ3) is 6.26. The Labute approximate surface area is 230 Å². The quantitative estimate of drug-likeness (QED) is 0.405. The van der Waals surface area contributed by atoms with E-state index in [0.29, 0.717) is 62.4 Å². The number of halogens is 3. The molecule has 2 N–H and O–H groups in total. The van der Waals surface area contributed by atoms with Gasteiger partial charge in [0, 0.05) is 55.8 Å². The normalized spacial score (nSPS) is 16.0. The van der Waals surface area contributed by atoms with Crippen molar-refractivity contribution in [3.8, 4) is 11.5 Å². The Balaban J connectivity index is 1.42. The van der Waals surface area contributed by atoms with Gasteiger partial charge in [0.2, 0.25) is 0 Å². The Bertz CT molecular complexity index is 1310. The summed E-state index contributed by atoms with van der Waals surface area (Å²) in [4.78, 5) is 4.30. The fourth-order valence-corrected chi connectivity index (χ4v) is 4.64. The van der Waals surface area contributed by atoms with Gasteiger partial charge >= 0.3 is 6.18 Å². The first-order valence-electron chi connectivity index (χ1n) is 12.9. The zero-order valence-electron chi connectivity index (χ0n) is 22.3. The predicted molar refractivity (Wildman–Crippen MR) is 146 cm³/mol. The number of morpholine rings is 2. The Morgan fingerprint density at radius 3 is 1.68 bits per heavy atom. The van der Waals surface area contributed by atoms with Gasteiger partial charge in [-0.05, 0) is 24.3 Å². The van der Waals surface area contributed by atoms with Crippen molar-refractivity contribution in [1.29, 1.82) is 0 Å². The van der Waals surface area contributed by atoms with E-state index in [1.165, 1.54) is 20.3 Å². The van der Waals surface area contributed by atoms with Gasteiger partial charge in [0.05, 0.1) is 57.7 Å². The van der Waals surface area contributed by atoms with Crippen LogP contribution in [0.25, 0.3) is 0 Å². The molecule has 0 spiro atoms. The number of ether oxygens (including phenoxy) is 4. The van der Waals surface area contributed by atoms with Gasteiger partial charge in [-0.1, -0.05) is 0 Å². The lowest BCUT2D eigenvalue weighted by Crippen LogP contribution is -2.36. The first-order chi connectivity index (χ1) is 19.4. The first kappa shape index (κ1) is 27.6. The lowest BCUT2D eigenvalue weighted by Gasteiger charge is -2.29. The zero-order chi connectivity index (χ0) is 28.1. The van der Waals surface area contributed by atoms with E-state index in [4.69, 9.17) is 18.9 Å². The van der Waals surface area contributed by atoms with Crippen LogP contribution in [0.2, 0.25) is 0 Å². The summed E-state index contributed by atoms with van der Waals surface area (Å²) in [5.74, 6) is 1.02. The van der Waals surface area contributed by atoms with E-state index in [2.05, 4.69) is 30.6 Å². The monoisotopic (exact) mass is 560 g/mol. The molecular weight excluding hydrogens is 529 g/mol. The molecule has 0 atom stereocenters. The summed E-state index contributed by atoms with van der Waals surface area (Å²) in [7, 11) is 3.00. The average molecular weight is 561 g/mol.